The number of anilines is 1. The van der Waals surface area contributed by atoms with Gasteiger partial charge in [-0.1, -0.05) is 0 Å². The Kier molecular flexibility index (Phi) is 3.56. The van der Waals surface area contributed by atoms with E-state index < -0.39 is 24.1 Å². The molecule has 5 nitrogen and oxygen atoms in total. The summed E-state index contributed by atoms with van der Waals surface area (Å²) in [5.41, 5.74) is 0.231. The molecule has 1 N–H and O–H groups in total. The number of halogens is 3. The summed E-state index contributed by atoms with van der Waals surface area (Å²) in [6.45, 7) is 0. The minimum atomic E-state index is -4.80. The van der Waals surface area contributed by atoms with Crippen LogP contribution in [0.15, 0.2) is 24.3 Å². The standard InChI is InChI=1S/C12H10F3NO4/c13-12(14,15)20-8-3-1-7(2-4-8)16-9(11(18)19)5-6-10(16)17/h1-4,9H,5-6H2,(H,18,19)/t9-/m1/s1. The molecule has 1 aliphatic rings. The molecule has 1 atom stereocenters. The number of hydrogen-bond donors (Lipinski definition) is 1. The van der Waals surface area contributed by atoms with Gasteiger partial charge in [-0.2, -0.15) is 0 Å². The Bertz CT molecular complexity index is 526. The van der Waals surface area contributed by atoms with Crippen LogP contribution in [-0.2, 0) is 9.59 Å². The Balaban J connectivity index is 2.21. The summed E-state index contributed by atoms with van der Waals surface area (Å²) in [5, 5.41) is 9.00. The van der Waals surface area contributed by atoms with Crippen molar-refractivity contribution in [3.05, 3.63) is 24.3 Å². The SMILES string of the molecule is O=C(O)[C@H]1CCC(=O)N1c1ccc(OC(F)(F)F)cc1. The molecule has 0 aromatic heterocycles. The maximum Gasteiger partial charge on any atom is 0.573 e. The minimum Gasteiger partial charge on any atom is -0.480 e. The fourth-order valence-electron chi connectivity index (χ4n) is 2.05. The number of carboxylic acid groups (broad SMARTS) is 1. The maximum atomic E-state index is 12.0. The summed E-state index contributed by atoms with van der Waals surface area (Å²) in [6.07, 6.45) is -4.53. The first kappa shape index (κ1) is 14.2. The second-order valence-corrected chi connectivity index (χ2v) is 4.20. The molecule has 20 heavy (non-hydrogen) atoms. The van der Waals surface area contributed by atoms with E-state index in [9.17, 15) is 22.8 Å². The average Bonchev–Trinajstić information content (AvgIpc) is 2.70. The Labute approximate surface area is 111 Å². The number of benzene rings is 1. The lowest BCUT2D eigenvalue weighted by Gasteiger charge is -2.21. The largest absolute Gasteiger partial charge is 0.573 e. The molecular formula is C12H10F3NO4. The predicted octanol–water partition coefficient (Wildman–Crippen LogP) is 2.17. The highest BCUT2D eigenvalue weighted by Crippen LogP contribution is 2.30. The number of hydrogen-bond acceptors (Lipinski definition) is 3. The van der Waals surface area contributed by atoms with Gasteiger partial charge < -0.3 is 9.84 Å². The van der Waals surface area contributed by atoms with Gasteiger partial charge in [0.15, 0.2) is 0 Å². The molecule has 1 aromatic rings. The first-order chi connectivity index (χ1) is 9.28. The summed E-state index contributed by atoms with van der Waals surface area (Å²) in [7, 11) is 0. The summed E-state index contributed by atoms with van der Waals surface area (Å²) < 4.78 is 39.7. The van der Waals surface area contributed by atoms with Crippen molar-refractivity contribution in [1.29, 1.82) is 0 Å². The van der Waals surface area contributed by atoms with E-state index in [2.05, 4.69) is 4.74 Å². The van der Waals surface area contributed by atoms with Crippen molar-refractivity contribution in [3.63, 3.8) is 0 Å². The van der Waals surface area contributed by atoms with Crippen LogP contribution in [0.2, 0.25) is 0 Å². The molecule has 0 radical (unpaired) electrons. The molecule has 1 aromatic carbocycles. The second kappa shape index (κ2) is 5.03. The molecule has 1 fully saturated rings. The number of amides is 1. The van der Waals surface area contributed by atoms with Crippen LogP contribution in [0.25, 0.3) is 0 Å². The number of rotatable bonds is 3. The van der Waals surface area contributed by atoms with Gasteiger partial charge in [0.1, 0.15) is 11.8 Å². The fourth-order valence-corrected chi connectivity index (χ4v) is 2.05. The van der Waals surface area contributed by atoms with Crippen molar-refractivity contribution in [3.8, 4) is 5.75 Å². The van der Waals surface area contributed by atoms with Gasteiger partial charge in [-0.3, -0.25) is 9.69 Å². The average molecular weight is 289 g/mol. The molecule has 0 saturated carbocycles. The first-order valence-electron chi connectivity index (χ1n) is 5.68. The van der Waals surface area contributed by atoms with Crippen LogP contribution in [0.3, 0.4) is 0 Å². The lowest BCUT2D eigenvalue weighted by Crippen LogP contribution is -2.38. The highest BCUT2D eigenvalue weighted by Gasteiger charge is 2.37. The van der Waals surface area contributed by atoms with E-state index in [0.717, 1.165) is 17.0 Å². The van der Waals surface area contributed by atoms with Crippen LogP contribution in [0.4, 0.5) is 18.9 Å². The molecule has 108 valence electrons. The monoisotopic (exact) mass is 289 g/mol. The third-order valence-corrected chi connectivity index (χ3v) is 2.85. The molecule has 1 saturated heterocycles. The van der Waals surface area contributed by atoms with Crippen LogP contribution >= 0.6 is 0 Å². The zero-order valence-corrected chi connectivity index (χ0v) is 10.1. The van der Waals surface area contributed by atoms with E-state index in [1.807, 2.05) is 0 Å². The van der Waals surface area contributed by atoms with Gasteiger partial charge in [0, 0.05) is 12.1 Å². The molecule has 1 heterocycles. The lowest BCUT2D eigenvalue weighted by molar-refractivity contribution is -0.274. The van der Waals surface area contributed by atoms with Crippen molar-refractivity contribution < 1.29 is 32.6 Å². The highest BCUT2D eigenvalue weighted by molar-refractivity contribution is 6.02. The zero-order valence-electron chi connectivity index (χ0n) is 10.1. The van der Waals surface area contributed by atoms with Crippen molar-refractivity contribution in [2.75, 3.05) is 4.90 Å². The summed E-state index contributed by atoms with van der Waals surface area (Å²) in [5.74, 6) is -1.95. The Hall–Kier alpha value is -2.25. The second-order valence-electron chi connectivity index (χ2n) is 4.20. The van der Waals surface area contributed by atoms with Crippen LogP contribution < -0.4 is 9.64 Å². The van der Waals surface area contributed by atoms with E-state index >= 15 is 0 Å². The summed E-state index contributed by atoms with van der Waals surface area (Å²) in [4.78, 5) is 23.7. The van der Waals surface area contributed by atoms with Crippen molar-refractivity contribution in [1.82, 2.24) is 0 Å². The summed E-state index contributed by atoms with van der Waals surface area (Å²) >= 11 is 0. The van der Waals surface area contributed by atoms with Crippen LogP contribution in [0, 0.1) is 0 Å². The smallest absolute Gasteiger partial charge is 0.480 e. The lowest BCUT2D eigenvalue weighted by atomic mass is 10.2. The molecule has 0 bridgehead atoms. The highest BCUT2D eigenvalue weighted by atomic mass is 19.4. The molecule has 0 spiro atoms. The van der Waals surface area contributed by atoms with E-state index in [4.69, 9.17) is 5.11 Å². The van der Waals surface area contributed by atoms with Crippen LogP contribution in [0.1, 0.15) is 12.8 Å². The molecule has 8 heteroatoms. The first-order valence-corrected chi connectivity index (χ1v) is 5.68. The van der Waals surface area contributed by atoms with E-state index in [1.165, 1.54) is 12.1 Å². The van der Waals surface area contributed by atoms with Gasteiger partial charge in [0.2, 0.25) is 5.91 Å². The van der Waals surface area contributed by atoms with Gasteiger partial charge in [-0.25, -0.2) is 4.79 Å². The van der Waals surface area contributed by atoms with E-state index in [1.54, 1.807) is 0 Å². The van der Waals surface area contributed by atoms with Gasteiger partial charge in [-0.05, 0) is 30.7 Å². The third kappa shape index (κ3) is 3.01. The molecule has 1 aliphatic heterocycles. The fraction of sp³-hybridized carbons (Fsp3) is 0.333. The summed E-state index contributed by atoms with van der Waals surface area (Å²) in [6, 6.07) is 3.53. The maximum absolute atomic E-state index is 12.0. The van der Waals surface area contributed by atoms with Gasteiger partial charge in [0.05, 0.1) is 0 Å². The number of nitrogens with zero attached hydrogens (tertiary/aromatic N) is 1. The molecule has 0 unspecified atom stereocenters. The Morgan fingerprint density at radius 2 is 1.90 bits per heavy atom. The predicted molar refractivity (Wildman–Crippen MR) is 61.3 cm³/mol. The third-order valence-electron chi connectivity index (χ3n) is 2.85. The molecular weight excluding hydrogens is 279 g/mol. The number of ether oxygens (including phenoxy) is 1. The number of carbonyl (C=O) groups excluding carboxylic acids is 1. The van der Waals surface area contributed by atoms with Crippen molar-refractivity contribution in [2.45, 2.75) is 25.2 Å². The van der Waals surface area contributed by atoms with Gasteiger partial charge >= 0.3 is 12.3 Å². The molecule has 0 aliphatic carbocycles. The van der Waals surface area contributed by atoms with Crippen LogP contribution in [-0.4, -0.2) is 29.4 Å². The molecule has 1 amide bonds. The van der Waals surface area contributed by atoms with Crippen molar-refractivity contribution >= 4 is 17.6 Å². The number of aliphatic carboxylic acids is 1. The number of carboxylic acids is 1. The minimum absolute atomic E-state index is 0.0950. The Morgan fingerprint density at radius 1 is 1.30 bits per heavy atom. The zero-order chi connectivity index (χ0) is 14.9. The van der Waals surface area contributed by atoms with Crippen LogP contribution in [0.5, 0.6) is 5.75 Å². The normalized spacial score (nSPS) is 19.2. The van der Waals surface area contributed by atoms with Gasteiger partial charge in [-0.15, -0.1) is 13.2 Å². The van der Waals surface area contributed by atoms with Gasteiger partial charge in [0.25, 0.3) is 0 Å². The molecule has 2 rings (SSSR count). The van der Waals surface area contributed by atoms with Crippen molar-refractivity contribution in [2.24, 2.45) is 0 Å². The topological polar surface area (TPSA) is 66.8 Å². The van der Waals surface area contributed by atoms with E-state index in [-0.39, 0.29) is 24.4 Å². The van der Waals surface area contributed by atoms with E-state index in [0.29, 0.717) is 0 Å². The Morgan fingerprint density at radius 3 is 2.40 bits per heavy atom. The number of alkyl halides is 3. The quantitative estimate of drug-likeness (QED) is 0.926. The number of carbonyl (C=O) groups is 2.